The van der Waals surface area contributed by atoms with Gasteiger partial charge in [0.25, 0.3) is 0 Å². The molecule has 2 aromatic rings. The molecule has 0 radical (unpaired) electrons. The van der Waals surface area contributed by atoms with Crippen molar-refractivity contribution >= 4 is 16.5 Å². The lowest BCUT2D eigenvalue weighted by molar-refractivity contribution is 0.00973. The van der Waals surface area contributed by atoms with E-state index in [0.29, 0.717) is 23.3 Å². The van der Waals surface area contributed by atoms with E-state index in [1.54, 1.807) is 7.11 Å². The molecule has 17 heavy (non-hydrogen) atoms. The second-order valence-corrected chi connectivity index (χ2v) is 4.97. The summed E-state index contributed by atoms with van der Waals surface area (Å²) >= 11 is 1.39. The Morgan fingerprint density at radius 2 is 2.24 bits per heavy atom. The lowest BCUT2D eigenvalue weighted by atomic mass is 10.1. The number of hydrogen-bond donors (Lipinski definition) is 1. The Morgan fingerprint density at radius 1 is 1.47 bits per heavy atom. The largest absolute Gasteiger partial charge is 0.375 e. The minimum Gasteiger partial charge on any atom is -0.375 e. The van der Waals surface area contributed by atoms with Gasteiger partial charge in [-0.3, -0.25) is 0 Å². The van der Waals surface area contributed by atoms with Gasteiger partial charge in [-0.15, -0.1) is 11.3 Å². The highest BCUT2D eigenvalue weighted by molar-refractivity contribution is 7.13. The zero-order valence-electron chi connectivity index (χ0n) is 9.93. The first-order chi connectivity index (χ1) is 8.01. The number of nitrogens with zero attached hydrogens (tertiary/aromatic N) is 3. The fourth-order valence-electron chi connectivity index (χ4n) is 1.22. The third kappa shape index (κ3) is 2.62. The van der Waals surface area contributed by atoms with Gasteiger partial charge < -0.3 is 15.0 Å². The van der Waals surface area contributed by atoms with Crippen molar-refractivity contribution in [3.05, 3.63) is 22.8 Å². The summed E-state index contributed by atoms with van der Waals surface area (Å²) in [6.07, 6.45) is 0.487. The molecule has 0 aliphatic rings. The van der Waals surface area contributed by atoms with Crippen LogP contribution in [0.1, 0.15) is 31.3 Å². The van der Waals surface area contributed by atoms with Crippen LogP contribution in [0, 0.1) is 0 Å². The van der Waals surface area contributed by atoms with Crippen LogP contribution in [0.5, 0.6) is 0 Å². The van der Waals surface area contributed by atoms with Gasteiger partial charge >= 0.3 is 0 Å². The summed E-state index contributed by atoms with van der Waals surface area (Å²) in [5.41, 5.74) is 5.83. The SMILES string of the molecule is COC(C)(C)c1noc(Cc2csc(N)n2)n1. The van der Waals surface area contributed by atoms with Crippen LogP contribution in [-0.2, 0) is 16.8 Å². The quantitative estimate of drug-likeness (QED) is 0.891. The first kappa shape index (κ1) is 12.0. The first-order valence-electron chi connectivity index (χ1n) is 5.09. The van der Waals surface area contributed by atoms with E-state index in [0.717, 1.165) is 5.69 Å². The van der Waals surface area contributed by atoms with E-state index < -0.39 is 5.60 Å². The van der Waals surface area contributed by atoms with Gasteiger partial charge in [-0.25, -0.2) is 4.98 Å². The highest BCUT2D eigenvalue weighted by Crippen LogP contribution is 2.21. The van der Waals surface area contributed by atoms with Crippen LogP contribution in [0.15, 0.2) is 9.90 Å². The molecule has 92 valence electrons. The number of thiazole rings is 1. The predicted molar refractivity (Wildman–Crippen MR) is 63.7 cm³/mol. The molecular formula is C10H14N4O2S. The molecule has 0 unspecified atom stereocenters. The summed E-state index contributed by atoms with van der Waals surface area (Å²) in [5.74, 6) is 1.04. The zero-order valence-corrected chi connectivity index (χ0v) is 10.7. The number of ether oxygens (including phenoxy) is 1. The van der Waals surface area contributed by atoms with Crippen LogP contribution in [0.25, 0.3) is 0 Å². The van der Waals surface area contributed by atoms with Gasteiger partial charge in [-0.2, -0.15) is 4.98 Å². The van der Waals surface area contributed by atoms with Crippen molar-refractivity contribution in [1.82, 2.24) is 15.1 Å². The molecule has 0 saturated heterocycles. The number of rotatable bonds is 4. The van der Waals surface area contributed by atoms with E-state index in [9.17, 15) is 0 Å². The Balaban J connectivity index is 2.14. The number of aromatic nitrogens is 3. The molecule has 7 heteroatoms. The van der Waals surface area contributed by atoms with Crippen molar-refractivity contribution < 1.29 is 9.26 Å². The predicted octanol–water partition coefficient (Wildman–Crippen LogP) is 1.58. The number of hydrogen-bond acceptors (Lipinski definition) is 7. The topological polar surface area (TPSA) is 87.1 Å². The molecule has 2 heterocycles. The van der Waals surface area contributed by atoms with Gasteiger partial charge in [0, 0.05) is 12.5 Å². The highest BCUT2D eigenvalue weighted by Gasteiger charge is 2.26. The van der Waals surface area contributed by atoms with E-state index in [1.165, 1.54) is 11.3 Å². The molecule has 2 rings (SSSR count). The third-order valence-corrected chi connectivity index (χ3v) is 3.14. The van der Waals surface area contributed by atoms with Crippen LogP contribution >= 0.6 is 11.3 Å². The smallest absolute Gasteiger partial charge is 0.232 e. The second kappa shape index (κ2) is 4.42. The number of methoxy groups -OCH3 is 1. The van der Waals surface area contributed by atoms with Crippen molar-refractivity contribution in [3.63, 3.8) is 0 Å². The summed E-state index contributed by atoms with van der Waals surface area (Å²) in [5, 5.41) is 6.31. The summed E-state index contributed by atoms with van der Waals surface area (Å²) in [7, 11) is 1.61. The molecule has 6 nitrogen and oxygen atoms in total. The van der Waals surface area contributed by atoms with Crippen molar-refractivity contribution in [2.45, 2.75) is 25.9 Å². The molecule has 2 aromatic heterocycles. The van der Waals surface area contributed by atoms with Crippen LogP contribution in [-0.4, -0.2) is 22.2 Å². The maximum absolute atomic E-state index is 5.55. The average molecular weight is 254 g/mol. The summed E-state index contributed by atoms with van der Waals surface area (Å²) in [6.45, 7) is 3.75. The number of nitrogen functional groups attached to an aromatic ring is 1. The average Bonchev–Trinajstić information content (AvgIpc) is 2.89. The van der Waals surface area contributed by atoms with E-state index in [1.807, 2.05) is 19.2 Å². The fraction of sp³-hybridized carbons (Fsp3) is 0.500. The molecule has 0 aliphatic carbocycles. The van der Waals surface area contributed by atoms with E-state index in [2.05, 4.69) is 15.1 Å². The molecule has 0 aliphatic heterocycles. The number of anilines is 1. The molecule has 0 amide bonds. The molecule has 0 aromatic carbocycles. The van der Waals surface area contributed by atoms with Gasteiger partial charge in [0.15, 0.2) is 5.13 Å². The summed E-state index contributed by atoms with van der Waals surface area (Å²) in [6, 6.07) is 0. The first-order valence-corrected chi connectivity index (χ1v) is 5.97. The van der Waals surface area contributed by atoms with Gasteiger partial charge in [-0.05, 0) is 13.8 Å². The Kier molecular flexibility index (Phi) is 3.12. The molecule has 0 spiro atoms. The molecule has 0 bridgehead atoms. The summed E-state index contributed by atoms with van der Waals surface area (Å²) in [4.78, 5) is 8.41. The molecular weight excluding hydrogens is 240 g/mol. The van der Waals surface area contributed by atoms with Crippen molar-refractivity contribution in [2.24, 2.45) is 0 Å². The lowest BCUT2D eigenvalue weighted by Crippen LogP contribution is -2.21. The Morgan fingerprint density at radius 3 is 2.82 bits per heavy atom. The Hall–Kier alpha value is -1.47. The maximum Gasteiger partial charge on any atom is 0.232 e. The molecule has 2 N–H and O–H groups in total. The zero-order chi connectivity index (χ0) is 12.5. The van der Waals surface area contributed by atoms with Gasteiger partial charge in [-0.1, -0.05) is 5.16 Å². The van der Waals surface area contributed by atoms with E-state index in [-0.39, 0.29) is 0 Å². The Labute approximate surface area is 103 Å². The minimum atomic E-state index is -0.553. The number of nitrogens with two attached hydrogens (primary N) is 1. The minimum absolute atomic E-state index is 0.487. The fourth-order valence-corrected chi connectivity index (χ4v) is 1.78. The molecule has 0 saturated carbocycles. The third-order valence-electron chi connectivity index (χ3n) is 2.42. The van der Waals surface area contributed by atoms with Gasteiger partial charge in [0.05, 0.1) is 12.1 Å². The van der Waals surface area contributed by atoms with Crippen LogP contribution < -0.4 is 5.73 Å². The van der Waals surface area contributed by atoms with Crippen LogP contribution in [0.2, 0.25) is 0 Å². The monoisotopic (exact) mass is 254 g/mol. The standard InChI is InChI=1S/C10H14N4O2S/c1-10(2,15-3)8-13-7(16-14-8)4-6-5-17-9(11)12-6/h5H,4H2,1-3H3,(H2,11,12). The van der Waals surface area contributed by atoms with E-state index in [4.69, 9.17) is 15.0 Å². The van der Waals surface area contributed by atoms with Crippen LogP contribution in [0.3, 0.4) is 0 Å². The van der Waals surface area contributed by atoms with Gasteiger partial charge in [0.2, 0.25) is 11.7 Å². The van der Waals surface area contributed by atoms with Crippen LogP contribution in [0.4, 0.5) is 5.13 Å². The molecule has 0 atom stereocenters. The highest BCUT2D eigenvalue weighted by atomic mass is 32.1. The molecule has 0 fully saturated rings. The van der Waals surface area contributed by atoms with Crippen molar-refractivity contribution in [1.29, 1.82) is 0 Å². The van der Waals surface area contributed by atoms with Crippen molar-refractivity contribution in [2.75, 3.05) is 12.8 Å². The second-order valence-electron chi connectivity index (χ2n) is 4.08. The lowest BCUT2D eigenvalue weighted by Gasteiger charge is -2.17. The van der Waals surface area contributed by atoms with Gasteiger partial charge in [0.1, 0.15) is 5.60 Å². The van der Waals surface area contributed by atoms with Crippen molar-refractivity contribution in [3.8, 4) is 0 Å². The van der Waals surface area contributed by atoms with E-state index >= 15 is 0 Å². The Bertz CT molecular complexity index is 506. The maximum atomic E-state index is 5.55. The normalized spacial score (nSPS) is 11.9. The summed E-state index contributed by atoms with van der Waals surface area (Å²) < 4.78 is 10.4.